The van der Waals surface area contributed by atoms with Gasteiger partial charge < -0.3 is 24.2 Å². The van der Waals surface area contributed by atoms with Crippen molar-refractivity contribution < 1.29 is 28.5 Å². The van der Waals surface area contributed by atoms with Crippen LogP contribution in [-0.4, -0.2) is 63.2 Å². The van der Waals surface area contributed by atoms with E-state index in [2.05, 4.69) is 11.8 Å². The van der Waals surface area contributed by atoms with Crippen molar-refractivity contribution in [2.24, 2.45) is 0 Å². The number of hydrogen-bond acceptors (Lipinski definition) is 7. The summed E-state index contributed by atoms with van der Waals surface area (Å²) in [5.41, 5.74) is 3.57. The Morgan fingerprint density at radius 2 is 1.80 bits per heavy atom. The molecule has 0 unspecified atom stereocenters. The maximum atomic E-state index is 14.5. The Morgan fingerprint density at radius 1 is 1.07 bits per heavy atom. The van der Waals surface area contributed by atoms with Crippen LogP contribution >= 0.6 is 0 Å². The third kappa shape index (κ3) is 6.53. The Labute approximate surface area is 262 Å². The lowest BCUT2D eigenvalue weighted by Crippen LogP contribution is -2.46. The van der Waals surface area contributed by atoms with Crippen LogP contribution in [0.2, 0.25) is 0 Å². The minimum Gasteiger partial charge on any atom is -0.493 e. The zero-order valence-electron chi connectivity index (χ0n) is 26.6. The number of rotatable bonds is 3. The lowest BCUT2D eigenvalue weighted by Gasteiger charge is -2.41. The van der Waals surface area contributed by atoms with Crippen LogP contribution in [0.3, 0.4) is 0 Å². The van der Waals surface area contributed by atoms with Crippen molar-refractivity contribution in [3.05, 3.63) is 65.6 Å². The van der Waals surface area contributed by atoms with Gasteiger partial charge in [0.05, 0.1) is 29.1 Å². The Morgan fingerprint density at radius 3 is 2.53 bits per heavy atom. The summed E-state index contributed by atoms with van der Waals surface area (Å²) in [6, 6.07) is 14.2. The van der Waals surface area contributed by atoms with E-state index in [9.17, 15) is 14.3 Å². The lowest BCUT2D eigenvalue weighted by molar-refractivity contribution is -0.160. The second kappa shape index (κ2) is 12.1. The minimum absolute atomic E-state index is 0.311. The first-order valence-corrected chi connectivity index (χ1v) is 15.6. The second-order valence-corrected chi connectivity index (χ2v) is 13.2. The molecule has 0 saturated carbocycles. The molecule has 3 aliphatic rings. The first kappa shape index (κ1) is 31.0. The fraction of sp³-hybridized carbons (Fsp3) is 0.457. The van der Waals surface area contributed by atoms with E-state index in [0.29, 0.717) is 66.0 Å². The summed E-state index contributed by atoms with van der Waals surface area (Å²) in [5, 5.41) is 15.4. The highest BCUT2D eigenvalue weighted by molar-refractivity contribution is 5.80. The zero-order chi connectivity index (χ0) is 31.9. The molecule has 5 heterocycles. The van der Waals surface area contributed by atoms with Crippen LogP contribution in [0.4, 0.5) is 10.2 Å². The van der Waals surface area contributed by atoms with Crippen LogP contribution in [0.1, 0.15) is 70.7 Å². The van der Waals surface area contributed by atoms with Gasteiger partial charge in [0.25, 0.3) is 0 Å². The molecule has 0 radical (unpaired) electrons. The van der Waals surface area contributed by atoms with E-state index < -0.39 is 17.7 Å². The molecule has 45 heavy (non-hydrogen) atoms. The fourth-order valence-corrected chi connectivity index (χ4v) is 6.19. The standard InChI is InChI=1S/C35H41FN4O5/c1-22-30(31(33(41)42)45-34(2,3)4)32-39-15-13-35(5,14-16-39)44-18-7-6-17-43-28-12-11-25(36)20-26(28)23-9-8-10-24(19-23)27-21-29(37-22)40(32)38-27/h8-12,19-21,31H,6-7,13-18H2,1-5H3,(H,41,42)/t31-/m0/s1. The third-order valence-electron chi connectivity index (χ3n) is 8.54. The van der Waals surface area contributed by atoms with Crippen molar-refractivity contribution in [1.82, 2.24) is 14.6 Å². The average molecular weight is 617 g/mol. The number of carboxylic acid groups (broad SMARTS) is 1. The van der Waals surface area contributed by atoms with Gasteiger partial charge in [-0.05, 0) is 90.1 Å². The van der Waals surface area contributed by atoms with E-state index in [4.69, 9.17) is 24.3 Å². The SMILES string of the molecule is Cc1nc2cc3nn2c(c1[C@H](OC(C)(C)C)C(=O)O)N1CCC(C)(CC1)OCCCCOc1ccc(F)cc1-c1cccc-3c1. The van der Waals surface area contributed by atoms with E-state index >= 15 is 0 Å². The summed E-state index contributed by atoms with van der Waals surface area (Å²) in [4.78, 5) is 19.8. The highest BCUT2D eigenvalue weighted by atomic mass is 19.1. The van der Waals surface area contributed by atoms with Gasteiger partial charge in [-0.15, -0.1) is 0 Å². The van der Waals surface area contributed by atoms with E-state index in [1.54, 1.807) is 10.6 Å². The first-order chi connectivity index (χ1) is 21.4. The molecule has 0 aliphatic carbocycles. The summed E-state index contributed by atoms with van der Waals surface area (Å²) < 4.78 is 35.0. The number of fused-ring (bicyclic) bond motifs is 7. The van der Waals surface area contributed by atoms with Crippen molar-refractivity contribution in [1.29, 1.82) is 0 Å². The van der Waals surface area contributed by atoms with Crippen LogP contribution in [0, 0.1) is 12.7 Å². The maximum Gasteiger partial charge on any atom is 0.337 e. The molecular formula is C35H41FN4O5. The van der Waals surface area contributed by atoms with E-state index in [1.807, 2.05) is 58.0 Å². The average Bonchev–Trinajstić information content (AvgIpc) is 3.41. The van der Waals surface area contributed by atoms with Crippen LogP contribution in [0.5, 0.6) is 5.75 Å². The number of aromatic nitrogens is 3. The highest BCUT2D eigenvalue weighted by Gasteiger charge is 2.37. The lowest BCUT2D eigenvalue weighted by atomic mass is 9.92. The number of carbonyl (C=O) groups is 1. The molecule has 1 fully saturated rings. The molecule has 9 nitrogen and oxygen atoms in total. The van der Waals surface area contributed by atoms with Crippen LogP contribution in [-0.2, 0) is 14.3 Å². The molecule has 4 aromatic rings. The molecule has 6 bridgehead atoms. The Balaban J connectivity index is 1.54. The van der Waals surface area contributed by atoms with E-state index in [1.165, 1.54) is 12.1 Å². The van der Waals surface area contributed by atoms with Gasteiger partial charge in [-0.2, -0.15) is 9.61 Å². The largest absolute Gasteiger partial charge is 0.493 e. The number of piperidine rings is 1. The molecule has 1 N–H and O–H groups in total. The maximum absolute atomic E-state index is 14.5. The third-order valence-corrected chi connectivity index (χ3v) is 8.54. The molecule has 0 amide bonds. The van der Waals surface area contributed by atoms with Crippen molar-refractivity contribution in [3.8, 4) is 28.1 Å². The Kier molecular flexibility index (Phi) is 8.30. The van der Waals surface area contributed by atoms with Gasteiger partial charge in [0.15, 0.2) is 11.8 Å². The predicted molar refractivity (Wildman–Crippen MR) is 170 cm³/mol. The number of ether oxygens (including phenoxy) is 3. The first-order valence-electron chi connectivity index (χ1n) is 15.6. The van der Waals surface area contributed by atoms with Gasteiger partial charge in [-0.3, -0.25) is 0 Å². The number of benzene rings is 2. The van der Waals surface area contributed by atoms with E-state index in [0.717, 1.165) is 36.8 Å². The van der Waals surface area contributed by atoms with Crippen molar-refractivity contribution in [2.45, 2.75) is 77.6 Å². The van der Waals surface area contributed by atoms with Crippen molar-refractivity contribution in [2.75, 3.05) is 31.2 Å². The number of aryl methyl sites for hydroxylation is 1. The van der Waals surface area contributed by atoms with Gasteiger partial charge >= 0.3 is 5.97 Å². The summed E-state index contributed by atoms with van der Waals surface area (Å²) in [5.74, 6) is -0.150. The molecule has 2 aromatic carbocycles. The number of anilines is 1. The monoisotopic (exact) mass is 616 g/mol. The van der Waals surface area contributed by atoms with Gasteiger partial charge in [0.2, 0.25) is 0 Å². The summed E-state index contributed by atoms with van der Waals surface area (Å²) in [6.07, 6.45) is 1.92. The molecule has 0 spiro atoms. The van der Waals surface area contributed by atoms with Gasteiger partial charge in [0, 0.05) is 42.6 Å². The molecule has 3 aliphatic heterocycles. The van der Waals surface area contributed by atoms with Gasteiger partial charge in [0.1, 0.15) is 17.4 Å². The number of aliphatic carboxylic acids is 1. The summed E-state index contributed by atoms with van der Waals surface area (Å²) >= 11 is 0. The Hall–Kier alpha value is -4.02. The van der Waals surface area contributed by atoms with Crippen molar-refractivity contribution in [3.63, 3.8) is 0 Å². The van der Waals surface area contributed by atoms with Gasteiger partial charge in [-0.25, -0.2) is 14.2 Å². The quantitative estimate of drug-likeness (QED) is 0.263. The highest BCUT2D eigenvalue weighted by Crippen LogP contribution is 2.39. The Bertz CT molecular complexity index is 1720. The summed E-state index contributed by atoms with van der Waals surface area (Å²) in [6.45, 7) is 11.9. The number of nitrogens with zero attached hydrogens (tertiary/aromatic N) is 4. The minimum atomic E-state index is -1.24. The van der Waals surface area contributed by atoms with Crippen LogP contribution in [0.25, 0.3) is 28.0 Å². The smallest absolute Gasteiger partial charge is 0.337 e. The topological polar surface area (TPSA) is 98.4 Å². The normalized spacial score (nSPS) is 17.7. The number of halogens is 1. The number of hydrogen-bond donors (Lipinski definition) is 1. The van der Waals surface area contributed by atoms with Crippen molar-refractivity contribution >= 4 is 17.4 Å². The predicted octanol–water partition coefficient (Wildman–Crippen LogP) is 7.00. The van der Waals surface area contributed by atoms with Crippen LogP contribution < -0.4 is 9.64 Å². The number of carboxylic acids is 1. The molecule has 2 aromatic heterocycles. The second-order valence-electron chi connectivity index (χ2n) is 13.2. The molecular weight excluding hydrogens is 575 g/mol. The molecule has 10 heteroatoms. The molecule has 1 atom stereocenters. The van der Waals surface area contributed by atoms with Crippen LogP contribution in [0.15, 0.2) is 48.5 Å². The molecule has 7 rings (SSSR count). The van der Waals surface area contributed by atoms with Gasteiger partial charge in [-0.1, -0.05) is 18.2 Å². The summed E-state index contributed by atoms with van der Waals surface area (Å²) in [7, 11) is 0. The van der Waals surface area contributed by atoms with E-state index in [-0.39, 0.29) is 11.4 Å². The molecule has 238 valence electrons. The zero-order valence-corrected chi connectivity index (χ0v) is 26.6. The fourth-order valence-electron chi connectivity index (χ4n) is 6.19. The molecule has 1 saturated heterocycles.